The van der Waals surface area contributed by atoms with E-state index in [4.69, 9.17) is 23.2 Å². The van der Waals surface area contributed by atoms with Crippen molar-refractivity contribution in [2.45, 2.75) is 27.2 Å². The summed E-state index contributed by atoms with van der Waals surface area (Å²) in [5.41, 5.74) is 2.92. The Hall–Kier alpha value is -2.83. The third kappa shape index (κ3) is 4.92. The molecule has 2 aromatic carbocycles. The molecule has 0 bridgehead atoms. The summed E-state index contributed by atoms with van der Waals surface area (Å²) in [6.07, 6.45) is 2.14. The highest BCUT2D eigenvalue weighted by atomic mass is 35.5. The molecule has 0 atom stereocenters. The lowest BCUT2D eigenvalue weighted by molar-refractivity contribution is 0.0773. The second-order valence-electron chi connectivity index (χ2n) is 6.88. The van der Waals surface area contributed by atoms with Gasteiger partial charge in [-0.05, 0) is 56.7 Å². The van der Waals surface area contributed by atoms with E-state index in [1.807, 2.05) is 32.9 Å². The lowest BCUT2D eigenvalue weighted by atomic mass is 10.1. The first-order chi connectivity index (χ1) is 14.9. The molecule has 0 saturated carbocycles. The van der Waals surface area contributed by atoms with Crippen LogP contribution in [0.1, 0.15) is 47.2 Å². The van der Waals surface area contributed by atoms with Crippen molar-refractivity contribution in [2.75, 3.05) is 18.4 Å². The average Bonchev–Trinajstić information content (AvgIpc) is 3.19. The number of rotatable bonds is 7. The van der Waals surface area contributed by atoms with E-state index in [2.05, 4.69) is 10.4 Å². The molecule has 2 amide bonds. The molecule has 8 heteroatoms. The van der Waals surface area contributed by atoms with Crippen molar-refractivity contribution in [3.05, 3.63) is 75.5 Å². The summed E-state index contributed by atoms with van der Waals surface area (Å²) in [6, 6.07) is 12.2. The van der Waals surface area contributed by atoms with Gasteiger partial charge in [0.2, 0.25) is 0 Å². The lowest BCUT2D eigenvalue weighted by Crippen LogP contribution is -2.30. The first-order valence-electron chi connectivity index (χ1n) is 10.1. The second-order valence-corrected chi connectivity index (χ2v) is 7.72. The van der Waals surface area contributed by atoms with Gasteiger partial charge >= 0.3 is 0 Å². The molecule has 0 aliphatic heterocycles. The highest BCUT2D eigenvalue weighted by Gasteiger charge is 2.19. The number of nitrogens with zero attached hydrogens (tertiary/aromatic N) is 3. The van der Waals surface area contributed by atoms with Crippen molar-refractivity contribution >= 4 is 40.7 Å². The molecule has 0 aliphatic carbocycles. The van der Waals surface area contributed by atoms with E-state index in [-0.39, 0.29) is 11.8 Å². The number of carbonyl (C=O) groups excluding carboxylic acids is 2. The number of amides is 2. The molecule has 0 aliphatic rings. The molecule has 0 saturated heterocycles. The molecular formula is C23H24Cl2N4O2. The number of benzene rings is 2. The summed E-state index contributed by atoms with van der Waals surface area (Å²) in [6.45, 7) is 6.98. The molecule has 0 fully saturated rings. The predicted molar refractivity (Wildman–Crippen MR) is 125 cm³/mol. The summed E-state index contributed by atoms with van der Waals surface area (Å²) in [5.74, 6) is -0.437. The highest BCUT2D eigenvalue weighted by molar-refractivity contribution is 6.34. The van der Waals surface area contributed by atoms with Gasteiger partial charge in [0.1, 0.15) is 0 Å². The Labute approximate surface area is 191 Å². The number of nitrogens with one attached hydrogen (secondary N) is 1. The Bertz CT molecular complexity index is 1110. The molecule has 162 valence electrons. The summed E-state index contributed by atoms with van der Waals surface area (Å²) < 4.78 is 1.71. The van der Waals surface area contributed by atoms with E-state index in [1.165, 1.54) is 6.20 Å². The summed E-state index contributed by atoms with van der Waals surface area (Å²) in [7, 11) is 0. The molecule has 0 spiro atoms. The standard InChI is InChI=1S/C23H24Cl2N4O2/c1-4-21-19(14-26-29(21)17-9-7-8-15(24)12-17)22(30)27-16-10-11-18(20(25)13-16)23(31)28(5-2)6-3/h7-14H,4-6H2,1-3H3,(H,27,30). The Kier molecular flexibility index (Phi) is 7.36. The van der Waals surface area contributed by atoms with E-state index >= 15 is 0 Å². The van der Waals surface area contributed by atoms with Crippen molar-refractivity contribution in [1.29, 1.82) is 0 Å². The van der Waals surface area contributed by atoms with E-state index in [1.54, 1.807) is 39.9 Å². The zero-order chi connectivity index (χ0) is 22.5. The Balaban J connectivity index is 1.84. The number of aromatic nitrogens is 2. The van der Waals surface area contributed by atoms with Gasteiger partial charge in [-0.2, -0.15) is 5.10 Å². The number of hydrogen-bond acceptors (Lipinski definition) is 3. The molecule has 3 rings (SSSR count). The van der Waals surface area contributed by atoms with Gasteiger partial charge in [0.25, 0.3) is 11.8 Å². The van der Waals surface area contributed by atoms with Crippen LogP contribution in [0.15, 0.2) is 48.7 Å². The molecule has 31 heavy (non-hydrogen) atoms. The summed E-state index contributed by atoms with van der Waals surface area (Å²) in [5, 5.41) is 8.10. The number of carbonyl (C=O) groups is 2. The van der Waals surface area contributed by atoms with E-state index in [0.29, 0.717) is 46.4 Å². The van der Waals surface area contributed by atoms with Gasteiger partial charge in [-0.3, -0.25) is 9.59 Å². The van der Waals surface area contributed by atoms with Crippen molar-refractivity contribution in [3.8, 4) is 5.69 Å². The molecule has 1 N–H and O–H groups in total. The van der Waals surface area contributed by atoms with Gasteiger partial charge in [-0.1, -0.05) is 36.2 Å². The van der Waals surface area contributed by atoms with Gasteiger partial charge in [0, 0.05) is 23.8 Å². The SMILES string of the molecule is CCc1c(C(=O)Nc2ccc(C(=O)N(CC)CC)c(Cl)c2)cnn1-c1cccc(Cl)c1. The van der Waals surface area contributed by atoms with Crippen molar-refractivity contribution in [1.82, 2.24) is 14.7 Å². The first-order valence-corrected chi connectivity index (χ1v) is 10.9. The zero-order valence-corrected chi connectivity index (χ0v) is 19.2. The van der Waals surface area contributed by atoms with Crippen LogP contribution in [0.3, 0.4) is 0 Å². The minimum atomic E-state index is -0.302. The lowest BCUT2D eigenvalue weighted by Gasteiger charge is -2.19. The fraction of sp³-hybridized carbons (Fsp3) is 0.261. The van der Waals surface area contributed by atoms with Crippen LogP contribution in [0, 0.1) is 0 Å². The van der Waals surface area contributed by atoms with E-state index < -0.39 is 0 Å². The first kappa shape index (κ1) is 22.8. The molecule has 1 heterocycles. The van der Waals surface area contributed by atoms with Crippen LogP contribution in [0.25, 0.3) is 5.69 Å². The largest absolute Gasteiger partial charge is 0.339 e. The van der Waals surface area contributed by atoms with Crippen LogP contribution >= 0.6 is 23.2 Å². The smallest absolute Gasteiger partial charge is 0.259 e. The van der Waals surface area contributed by atoms with Gasteiger partial charge in [-0.15, -0.1) is 0 Å². The minimum Gasteiger partial charge on any atom is -0.339 e. The van der Waals surface area contributed by atoms with Crippen LogP contribution in [0.2, 0.25) is 10.0 Å². The maximum Gasteiger partial charge on any atom is 0.259 e. The van der Waals surface area contributed by atoms with Gasteiger partial charge in [0.05, 0.1) is 33.7 Å². The van der Waals surface area contributed by atoms with Gasteiger partial charge in [0.15, 0.2) is 0 Å². The molecule has 3 aromatic rings. The predicted octanol–water partition coefficient (Wildman–Crippen LogP) is 5.48. The number of anilines is 1. The molecule has 1 aromatic heterocycles. The highest BCUT2D eigenvalue weighted by Crippen LogP contribution is 2.24. The van der Waals surface area contributed by atoms with E-state index in [9.17, 15) is 9.59 Å². The Morgan fingerprint density at radius 2 is 1.77 bits per heavy atom. The van der Waals surface area contributed by atoms with Crippen LogP contribution in [0.5, 0.6) is 0 Å². The van der Waals surface area contributed by atoms with Gasteiger partial charge in [-0.25, -0.2) is 4.68 Å². The monoisotopic (exact) mass is 458 g/mol. The van der Waals surface area contributed by atoms with Crippen LogP contribution in [-0.2, 0) is 6.42 Å². The third-order valence-corrected chi connectivity index (χ3v) is 5.56. The van der Waals surface area contributed by atoms with Crippen LogP contribution in [-0.4, -0.2) is 39.6 Å². The summed E-state index contributed by atoms with van der Waals surface area (Å²) in [4.78, 5) is 27.2. The van der Waals surface area contributed by atoms with Crippen molar-refractivity contribution in [3.63, 3.8) is 0 Å². The quantitative estimate of drug-likeness (QED) is 0.509. The van der Waals surface area contributed by atoms with Crippen LogP contribution in [0.4, 0.5) is 5.69 Å². The molecular weight excluding hydrogens is 435 g/mol. The minimum absolute atomic E-state index is 0.135. The molecule has 0 unspecified atom stereocenters. The maximum absolute atomic E-state index is 12.9. The fourth-order valence-corrected chi connectivity index (χ4v) is 3.83. The zero-order valence-electron chi connectivity index (χ0n) is 17.7. The average molecular weight is 459 g/mol. The van der Waals surface area contributed by atoms with Gasteiger partial charge < -0.3 is 10.2 Å². The van der Waals surface area contributed by atoms with Crippen LogP contribution < -0.4 is 5.32 Å². The third-order valence-electron chi connectivity index (χ3n) is 5.01. The Morgan fingerprint density at radius 1 is 1.03 bits per heavy atom. The maximum atomic E-state index is 12.9. The molecule has 6 nitrogen and oxygen atoms in total. The van der Waals surface area contributed by atoms with Crippen molar-refractivity contribution < 1.29 is 9.59 Å². The fourth-order valence-electron chi connectivity index (χ4n) is 3.38. The topological polar surface area (TPSA) is 67.2 Å². The normalized spacial score (nSPS) is 10.7. The molecule has 0 radical (unpaired) electrons. The van der Waals surface area contributed by atoms with E-state index in [0.717, 1.165) is 11.4 Å². The second kappa shape index (κ2) is 9.98. The Morgan fingerprint density at radius 3 is 2.39 bits per heavy atom. The number of halogens is 2. The summed E-state index contributed by atoms with van der Waals surface area (Å²) >= 11 is 12.4. The number of hydrogen-bond donors (Lipinski definition) is 1. The van der Waals surface area contributed by atoms with Crippen molar-refractivity contribution in [2.24, 2.45) is 0 Å².